The van der Waals surface area contributed by atoms with Gasteiger partial charge in [-0.15, -0.1) is 0 Å². The van der Waals surface area contributed by atoms with Gasteiger partial charge in [0.2, 0.25) is 0 Å². The van der Waals surface area contributed by atoms with Crippen molar-refractivity contribution >= 4 is 17.6 Å². The Kier molecular flexibility index (Phi) is 3.83. The molecule has 8 heteroatoms. The minimum atomic E-state index is -1.05. The third kappa shape index (κ3) is 2.52. The number of imide groups is 1. The van der Waals surface area contributed by atoms with E-state index in [1.165, 1.54) is 25.3 Å². The first kappa shape index (κ1) is 17.0. The number of ether oxygens (including phenoxy) is 1. The fourth-order valence-electron chi connectivity index (χ4n) is 3.91. The van der Waals surface area contributed by atoms with E-state index in [4.69, 9.17) is 4.74 Å². The lowest BCUT2D eigenvalue weighted by Gasteiger charge is -2.22. The van der Waals surface area contributed by atoms with Crippen molar-refractivity contribution in [2.75, 3.05) is 7.11 Å². The largest absolute Gasteiger partial charge is 0.496 e. The van der Waals surface area contributed by atoms with E-state index in [9.17, 15) is 19.7 Å². The highest BCUT2D eigenvalue weighted by atomic mass is 16.6. The van der Waals surface area contributed by atoms with Crippen LogP contribution in [0.3, 0.4) is 0 Å². The van der Waals surface area contributed by atoms with Crippen molar-refractivity contribution in [2.24, 2.45) is 0 Å². The quantitative estimate of drug-likeness (QED) is 0.508. The monoisotopic (exact) mass is 367 g/mol. The van der Waals surface area contributed by atoms with Crippen LogP contribution in [0.4, 0.5) is 10.5 Å². The maximum absolute atomic E-state index is 13.2. The van der Waals surface area contributed by atoms with Gasteiger partial charge in [-0.2, -0.15) is 0 Å². The smallest absolute Gasteiger partial charge is 0.325 e. The third-order valence-corrected chi connectivity index (χ3v) is 5.23. The van der Waals surface area contributed by atoms with E-state index in [2.05, 4.69) is 5.32 Å². The number of carbonyl (C=O) groups is 2. The summed E-state index contributed by atoms with van der Waals surface area (Å²) >= 11 is 0. The molecule has 2 aliphatic rings. The van der Waals surface area contributed by atoms with Crippen LogP contribution < -0.4 is 10.1 Å². The number of nitrogens with one attached hydrogen (secondary N) is 1. The number of non-ortho nitro benzene ring substituents is 1. The summed E-state index contributed by atoms with van der Waals surface area (Å²) in [5.41, 5.74) is 1.08. The van der Waals surface area contributed by atoms with Gasteiger partial charge < -0.3 is 10.1 Å². The zero-order chi connectivity index (χ0) is 19.2. The Morgan fingerprint density at radius 2 is 2.04 bits per heavy atom. The SMILES string of the molecule is COc1ccc([N+](=O)[O-])cc1CN1C(=O)NC2(CCc3ccccc32)C1=O. The van der Waals surface area contributed by atoms with Gasteiger partial charge in [0, 0.05) is 17.7 Å². The number of carbonyl (C=O) groups excluding carboxylic acids is 2. The van der Waals surface area contributed by atoms with Crippen LogP contribution in [0.1, 0.15) is 23.1 Å². The molecule has 1 fully saturated rings. The van der Waals surface area contributed by atoms with Crippen LogP contribution in [-0.4, -0.2) is 28.9 Å². The van der Waals surface area contributed by atoms with Crippen molar-refractivity contribution in [3.05, 3.63) is 69.3 Å². The van der Waals surface area contributed by atoms with Crippen LogP contribution in [0.5, 0.6) is 5.75 Å². The fraction of sp³-hybridized carbons (Fsp3) is 0.263. The minimum absolute atomic E-state index is 0.0978. The van der Waals surface area contributed by atoms with Gasteiger partial charge in [0.05, 0.1) is 18.6 Å². The summed E-state index contributed by atoms with van der Waals surface area (Å²) in [5, 5.41) is 13.9. The maximum atomic E-state index is 13.2. The summed E-state index contributed by atoms with van der Waals surface area (Å²) < 4.78 is 5.24. The Morgan fingerprint density at radius 3 is 2.78 bits per heavy atom. The molecule has 8 nitrogen and oxygen atoms in total. The lowest BCUT2D eigenvalue weighted by atomic mass is 9.92. The molecule has 4 rings (SSSR count). The Balaban J connectivity index is 1.69. The lowest BCUT2D eigenvalue weighted by molar-refractivity contribution is -0.384. The van der Waals surface area contributed by atoms with E-state index >= 15 is 0 Å². The van der Waals surface area contributed by atoms with E-state index in [0.29, 0.717) is 24.2 Å². The van der Waals surface area contributed by atoms with Gasteiger partial charge in [0.1, 0.15) is 11.3 Å². The van der Waals surface area contributed by atoms with Gasteiger partial charge in [-0.3, -0.25) is 19.8 Å². The second kappa shape index (κ2) is 6.08. The van der Waals surface area contributed by atoms with Gasteiger partial charge in [-0.05, 0) is 30.0 Å². The Morgan fingerprint density at radius 1 is 1.26 bits per heavy atom. The molecule has 138 valence electrons. The highest BCUT2D eigenvalue weighted by molar-refractivity contribution is 6.08. The average molecular weight is 367 g/mol. The number of hydrogen-bond acceptors (Lipinski definition) is 5. The van der Waals surface area contributed by atoms with E-state index in [1.807, 2.05) is 24.3 Å². The molecule has 0 saturated carbocycles. The molecule has 27 heavy (non-hydrogen) atoms. The molecular weight excluding hydrogens is 350 g/mol. The number of fused-ring (bicyclic) bond motifs is 2. The van der Waals surface area contributed by atoms with Crippen LogP contribution in [0, 0.1) is 10.1 Å². The van der Waals surface area contributed by atoms with Crippen molar-refractivity contribution < 1.29 is 19.2 Å². The van der Waals surface area contributed by atoms with Crippen LogP contribution in [0.2, 0.25) is 0 Å². The molecule has 1 aliphatic carbocycles. The molecule has 0 aromatic heterocycles. The minimum Gasteiger partial charge on any atom is -0.496 e. The molecule has 1 saturated heterocycles. The number of nitro groups is 1. The first-order valence-electron chi connectivity index (χ1n) is 8.50. The average Bonchev–Trinajstić information content (AvgIpc) is 3.15. The summed E-state index contributed by atoms with van der Waals surface area (Å²) in [7, 11) is 1.44. The Hall–Kier alpha value is -3.42. The lowest BCUT2D eigenvalue weighted by Crippen LogP contribution is -2.41. The van der Waals surface area contributed by atoms with E-state index < -0.39 is 16.5 Å². The summed E-state index contributed by atoms with van der Waals surface area (Å²) in [6, 6.07) is 11.2. The number of benzene rings is 2. The predicted octanol–water partition coefficient (Wildman–Crippen LogP) is 2.50. The van der Waals surface area contributed by atoms with Crippen LogP contribution in [-0.2, 0) is 23.3 Å². The van der Waals surface area contributed by atoms with Gasteiger partial charge in [0.15, 0.2) is 0 Å². The summed E-state index contributed by atoms with van der Waals surface area (Å²) in [4.78, 5) is 37.4. The van der Waals surface area contributed by atoms with Crippen molar-refractivity contribution in [3.8, 4) is 5.75 Å². The number of methoxy groups -OCH3 is 1. The number of aryl methyl sites for hydroxylation is 1. The number of urea groups is 1. The van der Waals surface area contributed by atoms with E-state index in [0.717, 1.165) is 16.0 Å². The molecule has 0 radical (unpaired) electrons. The molecule has 1 unspecified atom stereocenters. The van der Waals surface area contributed by atoms with Crippen molar-refractivity contribution in [1.82, 2.24) is 10.2 Å². The summed E-state index contributed by atoms with van der Waals surface area (Å²) in [6.45, 7) is -0.0978. The van der Waals surface area contributed by atoms with Crippen molar-refractivity contribution in [1.29, 1.82) is 0 Å². The van der Waals surface area contributed by atoms with Crippen LogP contribution >= 0.6 is 0 Å². The van der Waals surface area contributed by atoms with Crippen LogP contribution in [0.15, 0.2) is 42.5 Å². The molecule has 1 atom stereocenters. The first-order chi connectivity index (χ1) is 13.0. The van der Waals surface area contributed by atoms with Gasteiger partial charge in [-0.25, -0.2) is 4.79 Å². The topological polar surface area (TPSA) is 102 Å². The number of rotatable bonds is 4. The van der Waals surface area contributed by atoms with E-state index in [-0.39, 0.29) is 18.1 Å². The molecule has 0 bridgehead atoms. The Labute approximate surface area is 154 Å². The Bertz CT molecular complexity index is 974. The molecular formula is C19H17N3O5. The summed E-state index contributed by atoms with van der Waals surface area (Å²) in [6.07, 6.45) is 1.20. The number of hydrogen-bond donors (Lipinski definition) is 1. The normalized spacial score (nSPS) is 20.7. The van der Waals surface area contributed by atoms with Gasteiger partial charge in [-0.1, -0.05) is 24.3 Å². The molecule has 3 amide bonds. The molecule has 2 aromatic rings. The predicted molar refractivity (Wildman–Crippen MR) is 95.2 cm³/mol. The number of nitro benzene ring substituents is 1. The molecule has 1 spiro atoms. The number of nitrogens with zero attached hydrogens (tertiary/aromatic N) is 2. The molecule has 2 aromatic carbocycles. The number of amides is 3. The second-order valence-corrected chi connectivity index (χ2v) is 6.64. The third-order valence-electron chi connectivity index (χ3n) is 5.23. The molecule has 1 aliphatic heterocycles. The van der Waals surface area contributed by atoms with E-state index in [1.54, 1.807) is 0 Å². The zero-order valence-corrected chi connectivity index (χ0v) is 14.6. The highest BCUT2D eigenvalue weighted by Gasteiger charge is 2.55. The first-order valence-corrected chi connectivity index (χ1v) is 8.50. The standard InChI is InChI=1S/C19H17N3O5/c1-27-16-7-6-14(22(25)26)10-13(16)11-21-17(23)19(20-18(21)24)9-8-12-4-2-3-5-15(12)19/h2-7,10H,8-9,11H2,1H3,(H,20,24). The maximum Gasteiger partial charge on any atom is 0.325 e. The van der Waals surface area contributed by atoms with Gasteiger partial charge in [0.25, 0.3) is 11.6 Å². The summed E-state index contributed by atoms with van der Waals surface area (Å²) in [5.74, 6) is 0.0416. The molecule has 1 heterocycles. The van der Waals surface area contributed by atoms with Crippen molar-refractivity contribution in [2.45, 2.75) is 24.9 Å². The fourth-order valence-corrected chi connectivity index (χ4v) is 3.91. The van der Waals surface area contributed by atoms with Crippen molar-refractivity contribution in [3.63, 3.8) is 0 Å². The second-order valence-electron chi connectivity index (χ2n) is 6.64. The van der Waals surface area contributed by atoms with Gasteiger partial charge >= 0.3 is 6.03 Å². The highest BCUT2D eigenvalue weighted by Crippen LogP contribution is 2.42. The van der Waals surface area contributed by atoms with Crippen LogP contribution in [0.25, 0.3) is 0 Å². The zero-order valence-electron chi connectivity index (χ0n) is 14.6. The molecule has 1 N–H and O–H groups in total.